The molecule has 2 aromatic rings. The molecule has 0 saturated carbocycles. The van der Waals surface area contributed by atoms with Crippen LogP contribution >= 0.6 is 15.9 Å². The van der Waals surface area contributed by atoms with Crippen molar-refractivity contribution in [3.8, 4) is 0 Å². The zero-order valence-electron chi connectivity index (χ0n) is 12.0. The fraction of sp³-hybridized carbons (Fsp3) is 0.267. The molecule has 6 nitrogen and oxygen atoms in total. The summed E-state index contributed by atoms with van der Waals surface area (Å²) in [4.78, 5) is 29.5. The highest BCUT2D eigenvalue weighted by Gasteiger charge is 2.20. The molecule has 7 heteroatoms. The fourth-order valence-electron chi connectivity index (χ4n) is 1.85. The summed E-state index contributed by atoms with van der Waals surface area (Å²) in [6, 6.07) is 8.68. The summed E-state index contributed by atoms with van der Waals surface area (Å²) in [6.07, 6.45) is 1.76. The van der Waals surface area contributed by atoms with E-state index in [1.807, 2.05) is 12.1 Å². The standard InChI is InChI=1S/C15H15BrN2O4/c1-21-14(19)7-9-18(10-11-4-2-3-8-17-11)15(20)12-5-6-13(16)22-12/h2-6,8H,7,9-10H2,1H3. The van der Waals surface area contributed by atoms with Crippen LogP contribution in [0.2, 0.25) is 0 Å². The molecule has 0 aliphatic heterocycles. The summed E-state index contributed by atoms with van der Waals surface area (Å²) in [5, 5.41) is 0. The van der Waals surface area contributed by atoms with Crippen LogP contribution in [0.1, 0.15) is 22.7 Å². The summed E-state index contributed by atoms with van der Waals surface area (Å²) in [7, 11) is 1.32. The number of hydrogen-bond acceptors (Lipinski definition) is 5. The third kappa shape index (κ3) is 4.42. The molecule has 2 aromatic heterocycles. The van der Waals surface area contributed by atoms with Crippen LogP contribution in [0.4, 0.5) is 0 Å². The maximum absolute atomic E-state index is 12.5. The van der Waals surface area contributed by atoms with Gasteiger partial charge in [-0.3, -0.25) is 14.6 Å². The molecular weight excluding hydrogens is 352 g/mol. The SMILES string of the molecule is COC(=O)CCN(Cc1ccccn1)C(=O)c1ccc(Br)o1. The van der Waals surface area contributed by atoms with E-state index in [0.717, 1.165) is 5.69 Å². The molecule has 0 aliphatic rings. The highest BCUT2D eigenvalue weighted by atomic mass is 79.9. The second-order valence-electron chi connectivity index (χ2n) is 4.48. The number of nitrogens with zero attached hydrogens (tertiary/aromatic N) is 2. The van der Waals surface area contributed by atoms with Crippen molar-refractivity contribution in [2.45, 2.75) is 13.0 Å². The van der Waals surface area contributed by atoms with Gasteiger partial charge >= 0.3 is 5.97 Å². The van der Waals surface area contributed by atoms with E-state index in [1.165, 1.54) is 12.0 Å². The molecule has 0 saturated heterocycles. The Morgan fingerprint density at radius 3 is 2.73 bits per heavy atom. The lowest BCUT2D eigenvalue weighted by atomic mass is 10.2. The summed E-state index contributed by atoms with van der Waals surface area (Å²) < 4.78 is 10.4. The second kappa shape index (κ2) is 7.74. The van der Waals surface area contributed by atoms with E-state index in [0.29, 0.717) is 4.67 Å². The number of carbonyl (C=O) groups excluding carboxylic acids is 2. The number of amides is 1. The van der Waals surface area contributed by atoms with E-state index < -0.39 is 0 Å². The minimum absolute atomic E-state index is 0.108. The Morgan fingerprint density at radius 2 is 2.14 bits per heavy atom. The van der Waals surface area contributed by atoms with Gasteiger partial charge in [-0.15, -0.1) is 0 Å². The van der Waals surface area contributed by atoms with Crippen LogP contribution in [0.15, 0.2) is 45.6 Å². The van der Waals surface area contributed by atoms with Crippen molar-refractivity contribution < 1.29 is 18.7 Å². The second-order valence-corrected chi connectivity index (χ2v) is 5.26. The van der Waals surface area contributed by atoms with Crippen molar-refractivity contribution in [1.82, 2.24) is 9.88 Å². The third-order valence-corrected chi connectivity index (χ3v) is 3.39. The van der Waals surface area contributed by atoms with Gasteiger partial charge in [-0.2, -0.15) is 0 Å². The molecule has 0 radical (unpaired) electrons. The van der Waals surface area contributed by atoms with Crippen molar-refractivity contribution in [1.29, 1.82) is 0 Å². The molecule has 2 rings (SSSR count). The average molecular weight is 367 g/mol. The van der Waals surface area contributed by atoms with Gasteiger partial charge in [0.1, 0.15) is 0 Å². The average Bonchev–Trinajstić information content (AvgIpc) is 2.97. The van der Waals surface area contributed by atoms with Gasteiger partial charge in [-0.1, -0.05) is 6.07 Å². The first-order chi connectivity index (χ1) is 10.6. The van der Waals surface area contributed by atoms with Gasteiger partial charge in [0.2, 0.25) is 0 Å². The monoisotopic (exact) mass is 366 g/mol. The van der Waals surface area contributed by atoms with Gasteiger partial charge in [0.05, 0.1) is 25.8 Å². The summed E-state index contributed by atoms with van der Waals surface area (Å²) in [5.74, 6) is -0.479. The van der Waals surface area contributed by atoms with Gasteiger partial charge in [-0.25, -0.2) is 0 Å². The van der Waals surface area contributed by atoms with Gasteiger partial charge in [0.15, 0.2) is 10.4 Å². The Balaban J connectivity index is 2.13. The zero-order valence-corrected chi connectivity index (χ0v) is 13.6. The van der Waals surface area contributed by atoms with Crippen LogP contribution in [0, 0.1) is 0 Å². The molecule has 0 bridgehead atoms. The first-order valence-electron chi connectivity index (χ1n) is 6.61. The summed E-state index contributed by atoms with van der Waals surface area (Å²) >= 11 is 3.17. The van der Waals surface area contributed by atoms with Crippen LogP contribution in [-0.2, 0) is 16.1 Å². The quantitative estimate of drug-likeness (QED) is 0.734. The largest absolute Gasteiger partial charge is 0.469 e. The van der Waals surface area contributed by atoms with Gasteiger partial charge in [0.25, 0.3) is 5.91 Å². The summed E-state index contributed by atoms with van der Waals surface area (Å²) in [6.45, 7) is 0.509. The predicted molar refractivity (Wildman–Crippen MR) is 82.0 cm³/mol. The lowest BCUT2D eigenvalue weighted by molar-refractivity contribution is -0.140. The number of esters is 1. The molecule has 1 amide bonds. The highest BCUT2D eigenvalue weighted by molar-refractivity contribution is 9.10. The minimum atomic E-state index is -0.376. The highest BCUT2D eigenvalue weighted by Crippen LogP contribution is 2.17. The molecule has 0 N–H and O–H groups in total. The Hall–Kier alpha value is -2.15. The number of halogens is 1. The molecule has 0 fully saturated rings. The number of methoxy groups -OCH3 is 1. The van der Waals surface area contributed by atoms with Crippen molar-refractivity contribution in [2.24, 2.45) is 0 Å². The van der Waals surface area contributed by atoms with Crippen molar-refractivity contribution in [3.63, 3.8) is 0 Å². The predicted octanol–water partition coefficient (Wildman–Crippen LogP) is 2.64. The Bertz CT molecular complexity index is 642. The molecule has 116 valence electrons. The molecule has 2 heterocycles. The maximum atomic E-state index is 12.5. The van der Waals surface area contributed by atoms with E-state index in [2.05, 4.69) is 25.7 Å². The zero-order chi connectivity index (χ0) is 15.9. The fourth-order valence-corrected chi connectivity index (χ4v) is 2.16. The first-order valence-corrected chi connectivity index (χ1v) is 7.41. The van der Waals surface area contributed by atoms with E-state index >= 15 is 0 Å². The normalized spacial score (nSPS) is 10.3. The summed E-state index contributed by atoms with van der Waals surface area (Å²) in [5.41, 5.74) is 0.728. The lowest BCUT2D eigenvalue weighted by Crippen LogP contribution is -2.32. The van der Waals surface area contributed by atoms with E-state index in [9.17, 15) is 9.59 Å². The number of rotatable bonds is 6. The van der Waals surface area contributed by atoms with Crippen molar-refractivity contribution in [3.05, 3.63) is 52.7 Å². The van der Waals surface area contributed by atoms with E-state index in [-0.39, 0.29) is 37.1 Å². The van der Waals surface area contributed by atoms with Crippen LogP contribution in [0.5, 0.6) is 0 Å². The van der Waals surface area contributed by atoms with Gasteiger partial charge in [0, 0.05) is 12.7 Å². The van der Waals surface area contributed by atoms with Crippen LogP contribution < -0.4 is 0 Å². The molecular formula is C15H15BrN2O4. The molecule has 0 spiro atoms. The lowest BCUT2D eigenvalue weighted by Gasteiger charge is -2.20. The Morgan fingerprint density at radius 1 is 1.32 bits per heavy atom. The number of carbonyl (C=O) groups is 2. The number of aromatic nitrogens is 1. The molecule has 0 aromatic carbocycles. The number of ether oxygens (including phenoxy) is 1. The van der Waals surface area contributed by atoms with Crippen LogP contribution in [-0.4, -0.2) is 35.4 Å². The van der Waals surface area contributed by atoms with E-state index in [1.54, 1.807) is 24.4 Å². The number of pyridine rings is 1. The van der Waals surface area contributed by atoms with Gasteiger partial charge in [-0.05, 0) is 40.2 Å². The maximum Gasteiger partial charge on any atom is 0.307 e. The Labute approximate surface area is 136 Å². The molecule has 22 heavy (non-hydrogen) atoms. The molecule has 0 aliphatic carbocycles. The number of hydrogen-bond donors (Lipinski definition) is 0. The van der Waals surface area contributed by atoms with Crippen LogP contribution in [0.25, 0.3) is 0 Å². The first kappa shape index (κ1) is 16.2. The van der Waals surface area contributed by atoms with Crippen molar-refractivity contribution >= 4 is 27.8 Å². The van der Waals surface area contributed by atoms with Gasteiger partial charge < -0.3 is 14.1 Å². The minimum Gasteiger partial charge on any atom is -0.469 e. The number of furan rings is 1. The smallest absolute Gasteiger partial charge is 0.307 e. The third-order valence-electron chi connectivity index (χ3n) is 2.96. The molecule has 0 unspecified atom stereocenters. The Kier molecular flexibility index (Phi) is 5.71. The van der Waals surface area contributed by atoms with Crippen LogP contribution in [0.3, 0.4) is 0 Å². The van der Waals surface area contributed by atoms with E-state index in [4.69, 9.17) is 4.42 Å². The topological polar surface area (TPSA) is 72.6 Å². The molecule has 0 atom stereocenters. The van der Waals surface area contributed by atoms with Crippen molar-refractivity contribution in [2.75, 3.05) is 13.7 Å².